The number of piperidine rings is 1. The average molecular weight is 448 g/mol. The zero-order chi connectivity index (χ0) is 22.8. The molecule has 2 aliphatic rings. The predicted octanol–water partition coefficient (Wildman–Crippen LogP) is 3.01. The van der Waals surface area contributed by atoms with Crippen molar-refractivity contribution in [1.29, 1.82) is 0 Å². The number of hydrogen-bond donors (Lipinski definition) is 2. The Morgan fingerprint density at radius 2 is 1.85 bits per heavy atom. The molecule has 0 radical (unpaired) electrons. The number of fused-ring (bicyclic) bond motifs is 3. The molecule has 5 rings (SSSR count). The van der Waals surface area contributed by atoms with Gasteiger partial charge in [0.05, 0.1) is 30.4 Å². The van der Waals surface area contributed by atoms with E-state index < -0.39 is 12.3 Å². The predicted molar refractivity (Wildman–Crippen MR) is 124 cm³/mol. The van der Waals surface area contributed by atoms with E-state index in [0.717, 1.165) is 37.2 Å². The maximum atomic E-state index is 11.1. The minimum absolute atomic E-state index is 0.114. The number of benzene rings is 2. The molecule has 172 valence electrons. The van der Waals surface area contributed by atoms with E-state index in [-0.39, 0.29) is 12.0 Å². The lowest BCUT2D eigenvalue weighted by Crippen LogP contribution is -2.44. The fourth-order valence-electron chi connectivity index (χ4n) is 5.30. The first-order valence-corrected chi connectivity index (χ1v) is 11.5. The molecule has 33 heavy (non-hydrogen) atoms. The van der Waals surface area contributed by atoms with Crippen LogP contribution in [0.1, 0.15) is 36.4 Å². The highest BCUT2D eigenvalue weighted by atomic mass is 16.5. The summed E-state index contributed by atoms with van der Waals surface area (Å²) in [6.07, 6.45) is 5.68. The fourth-order valence-corrected chi connectivity index (χ4v) is 5.30. The molecule has 1 aromatic heterocycles. The van der Waals surface area contributed by atoms with Crippen molar-refractivity contribution >= 4 is 6.47 Å². The molecule has 0 saturated carbocycles. The summed E-state index contributed by atoms with van der Waals surface area (Å²) >= 11 is 0. The van der Waals surface area contributed by atoms with Crippen LogP contribution in [0.5, 0.6) is 5.75 Å². The van der Waals surface area contributed by atoms with Gasteiger partial charge in [-0.1, -0.05) is 36.4 Å². The maximum Gasteiger partial charge on any atom is 0.298 e. The molecule has 0 aliphatic carbocycles. The second-order valence-corrected chi connectivity index (χ2v) is 9.01. The van der Waals surface area contributed by atoms with E-state index in [4.69, 9.17) is 4.74 Å². The van der Waals surface area contributed by atoms with E-state index in [1.165, 1.54) is 11.1 Å². The van der Waals surface area contributed by atoms with E-state index in [0.29, 0.717) is 25.1 Å². The van der Waals surface area contributed by atoms with Crippen LogP contribution in [0.4, 0.5) is 0 Å². The third-order valence-corrected chi connectivity index (χ3v) is 7.13. The van der Waals surface area contributed by atoms with Crippen LogP contribution in [0.3, 0.4) is 0 Å². The quantitative estimate of drug-likeness (QED) is 0.516. The van der Waals surface area contributed by atoms with Crippen molar-refractivity contribution < 1.29 is 19.7 Å². The van der Waals surface area contributed by atoms with Gasteiger partial charge in [-0.3, -0.25) is 9.69 Å². The molecule has 7 nitrogen and oxygen atoms in total. The van der Waals surface area contributed by atoms with Gasteiger partial charge in [0.1, 0.15) is 12.0 Å². The minimum atomic E-state index is -0.573. The van der Waals surface area contributed by atoms with Gasteiger partial charge in [-0.15, -0.1) is 0 Å². The van der Waals surface area contributed by atoms with Crippen molar-refractivity contribution in [3.8, 4) is 17.0 Å². The van der Waals surface area contributed by atoms with Crippen LogP contribution in [0.25, 0.3) is 11.3 Å². The van der Waals surface area contributed by atoms with Crippen molar-refractivity contribution in [2.45, 2.75) is 44.1 Å². The Bertz CT molecular complexity index is 1090. The highest BCUT2D eigenvalue weighted by molar-refractivity contribution is 5.68. The van der Waals surface area contributed by atoms with Crippen LogP contribution in [0, 0.1) is 5.92 Å². The van der Waals surface area contributed by atoms with Gasteiger partial charge in [0.2, 0.25) is 0 Å². The Morgan fingerprint density at radius 1 is 1.09 bits per heavy atom. The maximum absolute atomic E-state index is 11.1. The molecule has 2 aromatic carbocycles. The molecule has 0 amide bonds. The van der Waals surface area contributed by atoms with Gasteiger partial charge in [0.25, 0.3) is 6.47 Å². The van der Waals surface area contributed by atoms with Gasteiger partial charge in [0.15, 0.2) is 0 Å². The van der Waals surface area contributed by atoms with Gasteiger partial charge in [-0.2, -0.15) is 0 Å². The molecule has 1 fully saturated rings. The second kappa shape index (κ2) is 9.47. The van der Waals surface area contributed by atoms with Gasteiger partial charge in [0, 0.05) is 25.1 Å². The van der Waals surface area contributed by atoms with Gasteiger partial charge in [-0.25, -0.2) is 4.98 Å². The van der Waals surface area contributed by atoms with Crippen LogP contribution < -0.4 is 4.74 Å². The molecular formula is C26H29N3O4. The average Bonchev–Trinajstić information content (AvgIpc) is 3.43. The number of carbonyl (C=O) groups is 1. The van der Waals surface area contributed by atoms with Gasteiger partial charge in [-0.05, 0) is 48.4 Å². The number of nitrogens with zero attached hydrogens (tertiary/aromatic N) is 3. The lowest BCUT2D eigenvalue weighted by atomic mass is 9.86. The number of likely N-dealkylation sites (tertiary alicyclic amines) is 1. The largest absolute Gasteiger partial charge is 0.429 e. The zero-order valence-electron chi connectivity index (χ0n) is 18.5. The van der Waals surface area contributed by atoms with E-state index in [9.17, 15) is 15.0 Å². The Kier molecular flexibility index (Phi) is 6.26. The molecule has 0 bridgehead atoms. The van der Waals surface area contributed by atoms with Crippen LogP contribution in [0.2, 0.25) is 0 Å². The Morgan fingerprint density at radius 3 is 2.61 bits per heavy atom. The Labute approximate surface area is 193 Å². The summed E-state index contributed by atoms with van der Waals surface area (Å²) in [7, 11) is 0. The first kappa shape index (κ1) is 21.8. The number of ether oxygens (including phenoxy) is 1. The van der Waals surface area contributed by atoms with E-state index in [1.807, 2.05) is 30.7 Å². The summed E-state index contributed by atoms with van der Waals surface area (Å²) in [6, 6.07) is 15.7. The summed E-state index contributed by atoms with van der Waals surface area (Å²) < 4.78 is 6.99. The first-order valence-electron chi connectivity index (χ1n) is 11.5. The Hall–Kier alpha value is -3.00. The molecule has 3 heterocycles. The first-order chi connectivity index (χ1) is 16.1. The number of hydrogen-bond acceptors (Lipinski definition) is 6. The molecule has 3 unspecified atom stereocenters. The molecule has 3 atom stereocenters. The van der Waals surface area contributed by atoms with Crippen LogP contribution in [-0.4, -0.2) is 56.6 Å². The second-order valence-electron chi connectivity index (χ2n) is 9.01. The standard InChI is InChI=1S/C26H29N3O4/c30-17-33-20-7-5-18(6-8-20)13-26(32)28-11-9-19(10-12-28)25(31)14-23-21-3-1-2-4-22(21)24-15-27-16-29(23)24/h1-8,15-17,19,23,25-26,31-32H,9-14H2. The lowest BCUT2D eigenvalue weighted by molar-refractivity contribution is -0.120. The van der Waals surface area contributed by atoms with Crippen molar-refractivity contribution in [3.63, 3.8) is 0 Å². The number of carbonyl (C=O) groups excluding carboxylic acids is 1. The van der Waals surface area contributed by atoms with Crippen LogP contribution >= 0.6 is 0 Å². The zero-order valence-corrected chi connectivity index (χ0v) is 18.5. The van der Waals surface area contributed by atoms with Crippen molar-refractivity contribution in [2.24, 2.45) is 5.92 Å². The monoisotopic (exact) mass is 447 g/mol. The molecule has 0 spiro atoms. The fraction of sp³-hybridized carbons (Fsp3) is 0.385. The van der Waals surface area contributed by atoms with Crippen molar-refractivity contribution in [1.82, 2.24) is 14.5 Å². The molecule has 2 aliphatic heterocycles. The van der Waals surface area contributed by atoms with Crippen LogP contribution in [-0.2, 0) is 11.2 Å². The SMILES string of the molecule is O=COc1ccc(CC(O)N2CCC(C(O)CC3c4ccccc4-c4cncn43)CC2)cc1. The number of imidazole rings is 1. The summed E-state index contributed by atoms with van der Waals surface area (Å²) in [5.74, 6) is 0.707. The normalized spacial score (nSPS) is 20.1. The molecule has 7 heteroatoms. The van der Waals surface area contributed by atoms with E-state index in [2.05, 4.69) is 32.7 Å². The number of aliphatic hydroxyl groups is 2. The third-order valence-electron chi connectivity index (χ3n) is 7.13. The molecule has 2 N–H and O–H groups in total. The van der Waals surface area contributed by atoms with Gasteiger partial charge >= 0.3 is 0 Å². The van der Waals surface area contributed by atoms with Crippen molar-refractivity contribution in [2.75, 3.05) is 13.1 Å². The highest BCUT2D eigenvalue weighted by Crippen LogP contribution is 2.42. The van der Waals surface area contributed by atoms with Crippen LogP contribution in [0.15, 0.2) is 61.1 Å². The summed E-state index contributed by atoms with van der Waals surface area (Å²) in [5.41, 5.74) is 4.56. The summed E-state index contributed by atoms with van der Waals surface area (Å²) in [4.78, 5) is 16.8. The molecular weight excluding hydrogens is 418 g/mol. The van der Waals surface area contributed by atoms with E-state index in [1.54, 1.807) is 12.1 Å². The number of rotatable bonds is 8. The molecule has 3 aromatic rings. The minimum Gasteiger partial charge on any atom is -0.429 e. The Balaban J connectivity index is 1.16. The topological polar surface area (TPSA) is 87.8 Å². The van der Waals surface area contributed by atoms with Gasteiger partial charge < -0.3 is 19.5 Å². The summed E-state index contributed by atoms with van der Waals surface area (Å²) in [5, 5.41) is 21.8. The molecule has 1 saturated heterocycles. The van der Waals surface area contributed by atoms with Crippen molar-refractivity contribution in [3.05, 3.63) is 72.2 Å². The van der Waals surface area contributed by atoms with E-state index >= 15 is 0 Å². The number of aromatic nitrogens is 2. The third kappa shape index (κ3) is 4.44. The highest BCUT2D eigenvalue weighted by Gasteiger charge is 2.34. The number of aliphatic hydroxyl groups excluding tert-OH is 2. The smallest absolute Gasteiger partial charge is 0.298 e. The summed E-state index contributed by atoms with van der Waals surface area (Å²) in [6.45, 7) is 1.92. The lowest BCUT2D eigenvalue weighted by Gasteiger charge is -2.37.